The van der Waals surface area contributed by atoms with Gasteiger partial charge in [0.2, 0.25) is 0 Å². The van der Waals surface area contributed by atoms with Crippen molar-refractivity contribution in [2.45, 2.75) is 98.6 Å². The van der Waals surface area contributed by atoms with Crippen LogP contribution in [0.1, 0.15) is 93.2 Å². The number of allylic oxidation sites excluding steroid dienone is 1. The summed E-state index contributed by atoms with van der Waals surface area (Å²) >= 11 is 0. The molecule has 2 aromatic rings. The highest BCUT2D eigenvalue weighted by Gasteiger charge is 2.52. The topological polar surface area (TPSA) is 120 Å². The largest absolute Gasteiger partial charge is 0.494 e. The average Bonchev–Trinajstić information content (AvgIpc) is 3.63. The van der Waals surface area contributed by atoms with Crippen molar-refractivity contribution in [3.8, 4) is 11.5 Å². The number of rotatable bonds is 17. The Bertz CT molecular complexity index is 1640. The first-order valence-electron chi connectivity index (χ1n) is 18.0. The first kappa shape index (κ1) is 40.8. The maximum absolute atomic E-state index is 13.3. The van der Waals surface area contributed by atoms with Gasteiger partial charge in [-0.05, 0) is 89.4 Å². The number of carbonyl (C=O) groups excluding carboxylic acids is 5. The fourth-order valence-corrected chi connectivity index (χ4v) is 6.51. The number of esters is 1. The summed E-state index contributed by atoms with van der Waals surface area (Å²) in [6.07, 6.45) is 6.45. The lowest BCUT2D eigenvalue weighted by Crippen LogP contribution is -2.59. The zero-order chi connectivity index (χ0) is 39.6. The van der Waals surface area contributed by atoms with E-state index in [4.69, 9.17) is 14.2 Å². The number of nitrogens with zero attached hydrogens (tertiary/aromatic N) is 2. The Balaban J connectivity index is 1.23. The highest BCUT2D eigenvalue weighted by molar-refractivity contribution is 6.13. The van der Waals surface area contributed by atoms with E-state index in [1.807, 2.05) is 76.2 Å². The number of amides is 3. The summed E-state index contributed by atoms with van der Waals surface area (Å²) in [5, 5.41) is 0. The maximum Gasteiger partial charge on any atom is 0.314 e. The second-order valence-electron chi connectivity index (χ2n) is 16.2. The van der Waals surface area contributed by atoms with E-state index in [2.05, 4.69) is 20.4 Å². The Labute approximate surface area is 313 Å². The molecule has 0 aromatic heterocycles. The monoisotopic (exact) mass is 726 g/mol. The van der Waals surface area contributed by atoms with E-state index in [1.54, 1.807) is 38.7 Å². The summed E-state index contributed by atoms with van der Waals surface area (Å²) in [6.45, 7) is 23.0. The van der Waals surface area contributed by atoms with Crippen LogP contribution in [0.25, 0.3) is 0 Å². The minimum absolute atomic E-state index is 0.00192. The summed E-state index contributed by atoms with van der Waals surface area (Å²) in [7, 11) is 0. The molecule has 0 saturated carbocycles. The van der Waals surface area contributed by atoms with Crippen LogP contribution < -0.4 is 9.47 Å². The zero-order valence-electron chi connectivity index (χ0n) is 32.8. The molecule has 0 aliphatic carbocycles. The standard InChI is InChI=1S/C43H54N2O8/c1-29-14-23-35(47)44(29)42(8,9)40(4,5)34(46)13-12-26-51-32-19-15-30(16-20-32)39(2,3)31-17-21-33(22-18-31)52-27-28-53-38(50)41(6,7)43(10,11)45-36(48)24-25-37(45)49/h14-25H,1,12-13,26-28H2,2-11H3. The van der Waals surface area contributed by atoms with Gasteiger partial charge in [-0.25, -0.2) is 0 Å². The molecular formula is C43H54N2O8. The maximum atomic E-state index is 13.3. The molecule has 2 aliphatic heterocycles. The lowest BCUT2D eigenvalue weighted by Gasteiger charge is -2.47. The molecule has 2 aromatic carbocycles. The second kappa shape index (κ2) is 15.2. The summed E-state index contributed by atoms with van der Waals surface area (Å²) in [5.41, 5.74) is -1.36. The van der Waals surface area contributed by atoms with Gasteiger partial charge in [0.15, 0.2) is 0 Å². The number of hydrogen-bond acceptors (Lipinski definition) is 8. The smallest absolute Gasteiger partial charge is 0.314 e. The van der Waals surface area contributed by atoms with Gasteiger partial charge in [0.1, 0.15) is 30.5 Å². The molecule has 10 heteroatoms. The summed E-state index contributed by atoms with van der Waals surface area (Å²) in [5.74, 6) is -0.206. The molecule has 2 heterocycles. The molecule has 0 atom stereocenters. The third-order valence-corrected chi connectivity index (χ3v) is 11.7. The number of ketones is 1. The zero-order valence-corrected chi connectivity index (χ0v) is 32.8. The number of hydrogen-bond donors (Lipinski definition) is 0. The quantitative estimate of drug-likeness (QED) is 0.0962. The van der Waals surface area contributed by atoms with E-state index in [9.17, 15) is 24.0 Å². The fourth-order valence-electron chi connectivity index (χ4n) is 6.51. The van der Waals surface area contributed by atoms with Gasteiger partial charge in [-0.15, -0.1) is 0 Å². The second-order valence-corrected chi connectivity index (χ2v) is 16.2. The lowest BCUT2D eigenvalue weighted by molar-refractivity contribution is -0.167. The van der Waals surface area contributed by atoms with Gasteiger partial charge in [0.25, 0.3) is 17.7 Å². The van der Waals surface area contributed by atoms with Crippen LogP contribution in [0.2, 0.25) is 0 Å². The molecule has 2 aliphatic rings. The van der Waals surface area contributed by atoms with E-state index in [0.29, 0.717) is 36.6 Å². The number of Topliss-reactive ketones (excluding diaryl/α,β-unsaturated/α-hetero) is 1. The first-order chi connectivity index (χ1) is 24.6. The van der Waals surface area contributed by atoms with Crippen LogP contribution in [0.4, 0.5) is 0 Å². The van der Waals surface area contributed by atoms with Gasteiger partial charge in [0, 0.05) is 41.2 Å². The molecule has 3 amide bonds. The number of imide groups is 1. The average molecular weight is 727 g/mol. The van der Waals surface area contributed by atoms with E-state index in [-0.39, 0.29) is 30.3 Å². The molecule has 284 valence electrons. The van der Waals surface area contributed by atoms with Crippen molar-refractivity contribution in [3.63, 3.8) is 0 Å². The predicted molar refractivity (Wildman–Crippen MR) is 203 cm³/mol. The summed E-state index contributed by atoms with van der Waals surface area (Å²) in [4.78, 5) is 66.0. The van der Waals surface area contributed by atoms with Crippen molar-refractivity contribution in [2.75, 3.05) is 19.8 Å². The Morgan fingerprint density at radius 3 is 1.49 bits per heavy atom. The van der Waals surface area contributed by atoms with Gasteiger partial charge < -0.3 is 19.1 Å². The molecule has 53 heavy (non-hydrogen) atoms. The van der Waals surface area contributed by atoms with E-state index in [1.165, 1.54) is 18.2 Å². The molecule has 0 unspecified atom stereocenters. The van der Waals surface area contributed by atoms with Crippen LogP contribution in [-0.4, -0.2) is 70.2 Å². The van der Waals surface area contributed by atoms with E-state index in [0.717, 1.165) is 16.0 Å². The van der Waals surface area contributed by atoms with Gasteiger partial charge in [0.05, 0.1) is 23.1 Å². The Kier molecular flexibility index (Phi) is 11.7. The molecule has 4 rings (SSSR count). The number of benzene rings is 2. The minimum atomic E-state index is -1.16. The van der Waals surface area contributed by atoms with E-state index < -0.39 is 39.7 Å². The molecule has 0 bridgehead atoms. The van der Waals surface area contributed by atoms with Crippen molar-refractivity contribution >= 4 is 29.5 Å². The third kappa shape index (κ3) is 8.01. The fraction of sp³-hybridized carbons (Fsp3) is 0.465. The van der Waals surface area contributed by atoms with Crippen LogP contribution in [0.15, 0.2) is 85.1 Å². The molecule has 0 spiro atoms. The van der Waals surface area contributed by atoms with Gasteiger partial charge in [-0.3, -0.25) is 28.9 Å². The van der Waals surface area contributed by atoms with Crippen molar-refractivity contribution < 1.29 is 38.2 Å². The van der Waals surface area contributed by atoms with Crippen LogP contribution >= 0.6 is 0 Å². The van der Waals surface area contributed by atoms with Crippen LogP contribution in [0, 0.1) is 10.8 Å². The molecule has 0 fully saturated rings. The lowest BCUT2D eigenvalue weighted by atomic mass is 9.69. The Morgan fingerprint density at radius 1 is 0.585 bits per heavy atom. The predicted octanol–water partition coefficient (Wildman–Crippen LogP) is 7.11. The van der Waals surface area contributed by atoms with Crippen molar-refractivity contribution in [1.82, 2.24) is 9.80 Å². The number of ether oxygens (including phenoxy) is 3. The van der Waals surface area contributed by atoms with Crippen LogP contribution in [-0.2, 0) is 34.1 Å². The van der Waals surface area contributed by atoms with Gasteiger partial charge in [-0.2, -0.15) is 0 Å². The molecular weight excluding hydrogens is 672 g/mol. The van der Waals surface area contributed by atoms with Gasteiger partial charge in [-0.1, -0.05) is 58.5 Å². The Hall–Kier alpha value is -4.99. The van der Waals surface area contributed by atoms with Gasteiger partial charge >= 0.3 is 5.97 Å². The van der Waals surface area contributed by atoms with Crippen molar-refractivity contribution in [1.29, 1.82) is 0 Å². The molecule has 0 radical (unpaired) electrons. The SMILES string of the molecule is C=C1C=CC(=O)N1C(C)(C)C(C)(C)C(=O)CCCOc1ccc(C(C)(C)c2ccc(OCCOC(=O)C(C)(C)C(C)(C)N3C(=O)C=CC3=O)cc2)cc1. The third-order valence-electron chi connectivity index (χ3n) is 11.7. The highest BCUT2D eigenvalue weighted by atomic mass is 16.6. The van der Waals surface area contributed by atoms with Crippen molar-refractivity contribution in [2.24, 2.45) is 10.8 Å². The summed E-state index contributed by atoms with van der Waals surface area (Å²) in [6, 6.07) is 15.7. The van der Waals surface area contributed by atoms with Crippen molar-refractivity contribution in [3.05, 3.63) is 96.2 Å². The number of carbonyl (C=O) groups is 5. The van der Waals surface area contributed by atoms with Crippen LogP contribution in [0.3, 0.4) is 0 Å². The van der Waals surface area contributed by atoms with E-state index >= 15 is 0 Å². The molecule has 10 nitrogen and oxygen atoms in total. The van der Waals surface area contributed by atoms with Crippen LogP contribution in [0.5, 0.6) is 11.5 Å². The normalized spacial score (nSPS) is 15.4. The molecule has 0 saturated heterocycles. The highest BCUT2D eigenvalue weighted by Crippen LogP contribution is 2.42. The summed E-state index contributed by atoms with van der Waals surface area (Å²) < 4.78 is 17.3. The molecule has 0 N–H and O–H groups in total. The minimum Gasteiger partial charge on any atom is -0.494 e. The first-order valence-corrected chi connectivity index (χ1v) is 18.0. The Morgan fingerprint density at radius 2 is 1.02 bits per heavy atom.